The average Bonchev–Trinajstić information content (AvgIpc) is 3.11. The van der Waals surface area contributed by atoms with Crippen molar-refractivity contribution < 1.29 is 23.8 Å². The molecule has 2 saturated heterocycles. The minimum Gasteiger partial charge on any atom is -0.469 e. The maximum absolute atomic E-state index is 12.7. The smallest absolute Gasteiger partial charge is 0.312 e. The minimum absolute atomic E-state index is 0.00760. The number of carbonyl (C=O) groups is 2. The summed E-state index contributed by atoms with van der Waals surface area (Å²) >= 11 is 0. The SMILES string of the molecule is COC(=O)[C@H]1[C@H]2C(=O)N(CCCOC(C)C)C[C@@]23C=C[C@H]1O3. The Morgan fingerprint density at radius 3 is 3.00 bits per heavy atom. The van der Waals surface area contributed by atoms with Gasteiger partial charge in [0.2, 0.25) is 5.91 Å². The van der Waals surface area contributed by atoms with E-state index in [0.29, 0.717) is 19.7 Å². The van der Waals surface area contributed by atoms with Crippen LogP contribution in [0.15, 0.2) is 12.2 Å². The van der Waals surface area contributed by atoms with Gasteiger partial charge in [0.25, 0.3) is 0 Å². The largest absolute Gasteiger partial charge is 0.469 e. The lowest BCUT2D eigenvalue weighted by Crippen LogP contribution is -2.39. The van der Waals surface area contributed by atoms with Crippen LogP contribution in [0.1, 0.15) is 20.3 Å². The number of hydrogen-bond donors (Lipinski definition) is 0. The number of ether oxygens (including phenoxy) is 3. The van der Waals surface area contributed by atoms with Crippen molar-refractivity contribution in [1.82, 2.24) is 4.90 Å². The number of rotatable bonds is 6. The minimum atomic E-state index is -0.639. The fraction of sp³-hybridized carbons (Fsp3) is 0.750. The molecular weight excluding hydrogens is 286 g/mol. The highest BCUT2D eigenvalue weighted by atomic mass is 16.5. The van der Waals surface area contributed by atoms with Crippen LogP contribution in [0.25, 0.3) is 0 Å². The summed E-state index contributed by atoms with van der Waals surface area (Å²) in [6.45, 7) is 5.74. The Morgan fingerprint density at radius 2 is 2.32 bits per heavy atom. The van der Waals surface area contributed by atoms with Crippen molar-refractivity contribution >= 4 is 11.9 Å². The van der Waals surface area contributed by atoms with Gasteiger partial charge in [-0.25, -0.2) is 0 Å². The summed E-state index contributed by atoms with van der Waals surface area (Å²) in [5.74, 6) is -1.33. The molecule has 6 heteroatoms. The molecule has 0 aromatic heterocycles. The summed E-state index contributed by atoms with van der Waals surface area (Å²) in [5.41, 5.74) is -0.639. The Hall–Kier alpha value is -1.40. The van der Waals surface area contributed by atoms with Gasteiger partial charge < -0.3 is 19.1 Å². The van der Waals surface area contributed by atoms with Crippen LogP contribution in [0.3, 0.4) is 0 Å². The summed E-state index contributed by atoms with van der Waals surface area (Å²) in [6.07, 6.45) is 4.48. The van der Waals surface area contributed by atoms with E-state index in [9.17, 15) is 9.59 Å². The summed E-state index contributed by atoms with van der Waals surface area (Å²) < 4.78 is 16.3. The summed E-state index contributed by atoms with van der Waals surface area (Å²) in [5, 5.41) is 0. The van der Waals surface area contributed by atoms with Gasteiger partial charge >= 0.3 is 5.97 Å². The van der Waals surface area contributed by atoms with Crippen molar-refractivity contribution in [2.24, 2.45) is 11.8 Å². The predicted molar refractivity (Wildman–Crippen MR) is 78.0 cm³/mol. The summed E-state index contributed by atoms with van der Waals surface area (Å²) in [6, 6.07) is 0. The lowest BCUT2D eigenvalue weighted by atomic mass is 9.77. The number of hydrogen-bond acceptors (Lipinski definition) is 5. The molecule has 0 N–H and O–H groups in total. The van der Waals surface area contributed by atoms with E-state index in [-0.39, 0.29) is 24.1 Å². The van der Waals surface area contributed by atoms with Crippen molar-refractivity contribution in [3.63, 3.8) is 0 Å². The molecule has 2 bridgehead atoms. The van der Waals surface area contributed by atoms with Gasteiger partial charge in [-0.3, -0.25) is 9.59 Å². The van der Waals surface area contributed by atoms with E-state index >= 15 is 0 Å². The first-order valence-electron chi connectivity index (χ1n) is 7.84. The molecule has 3 aliphatic heterocycles. The average molecular weight is 309 g/mol. The third-order valence-corrected chi connectivity index (χ3v) is 4.68. The Labute approximate surface area is 130 Å². The van der Waals surface area contributed by atoms with Gasteiger partial charge in [-0.15, -0.1) is 0 Å². The Kier molecular flexibility index (Phi) is 3.99. The normalized spacial score (nSPS) is 35.5. The lowest BCUT2D eigenvalue weighted by molar-refractivity contribution is -0.151. The van der Waals surface area contributed by atoms with Crippen molar-refractivity contribution in [3.05, 3.63) is 12.2 Å². The van der Waals surface area contributed by atoms with Gasteiger partial charge in [0.05, 0.1) is 31.8 Å². The molecule has 2 fully saturated rings. The number of methoxy groups -OCH3 is 1. The molecule has 0 radical (unpaired) electrons. The van der Waals surface area contributed by atoms with E-state index < -0.39 is 17.4 Å². The number of carbonyl (C=O) groups excluding carboxylic acids is 2. The fourth-order valence-corrected chi connectivity index (χ4v) is 3.75. The monoisotopic (exact) mass is 309 g/mol. The van der Waals surface area contributed by atoms with E-state index in [0.717, 1.165) is 6.42 Å². The Bertz CT molecular complexity index is 503. The first-order chi connectivity index (χ1) is 10.5. The second-order valence-electron chi connectivity index (χ2n) is 6.46. The molecule has 6 nitrogen and oxygen atoms in total. The van der Waals surface area contributed by atoms with Gasteiger partial charge in [-0.1, -0.05) is 12.2 Å². The van der Waals surface area contributed by atoms with E-state index in [1.54, 1.807) is 4.90 Å². The van der Waals surface area contributed by atoms with Gasteiger partial charge in [0.15, 0.2) is 0 Å². The quantitative estimate of drug-likeness (QED) is 0.412. The molecule has 1 spiro atoms. The molecule has 0 unspecified atom stereocenters. The first kappa shape index (κ1) is 15.5. The fourth-order valence-electron chi connectivity index (χ4n) is 3.75. The van der Waals surface area contributed by atoms with Crippen molar-refractivity contribution in [1.29, 1.82) is 0 Å². The van der Waals surface area contributed by atoms with E-state index in [1.807, 2.05) is 26.0 Å². The van der Waals surface area contributed by atoms with Gasteiger partial charge in [0.1, 0.15) is 11.5 Å². The zero-order valence-electron chi connectivity index (χ0n) is 13.3. The maximum Gasteiger partial charge on any atom is 0.312 e. The van der Waals surface area contributed by atoms with Gasteiger partial charge in [-0.2, -0.15) is 0 Å². The molecule has 122 valence electrons. The highest BCUT2D eigenvalue weighted by Gasteiger charge is 2.67. The van der Waals surface area contributed by atoms with E-state index in [4.69, 9.17) is 14.2 Å². The molecule has 4 atom stereocenters. The van der Waals surface area contributed by atoms with Crippen molar-refractivity contribution in [2.45, 2.75) is 38.1 Å². The molecule has 3 rings (SSSR count). The van der Waals surface area contributed by atoms with Crippen LogP contribution >= 0.6 is 0 Å². The van der Waals surface area contributed by atoms with Crippen LogP contribution in [0.5, 0.6) is 0 Å². The molecule has 0 aliphatic carbocycles. The van der Waals surface area contributed by atoms with Gasteiger partial charge in [0, 0.05) is 13.2 Å². The molecular formula is C16H23NO5. The zero-order valence-corrected chi connectivity index (χ0v) is 13.3. The second kappa shape index (κ2) is 5.66. The Balaban J connectivity index is 1.66. The number of amides is 1. The predicted octanol–water partition coefficient (Wildman–Crippen LogP) is 0.757. The standard InChI is InChI=1S/C16H23NO5/c1-10(2)21-8-4-7-17-9-16-6-5-11(22-16)12(15(19)20-3)13(16)14(17)18/h5-6,10-13H,4,7-9H2,1-3H3/t11-,12-,13+,16+/m1/s1. The highest BCUT2D eigenvalue weighted by Crippen LogP contribution is 2.52. The molecule has 0 saturated carbocycles. The molecule has 0 aromatic rings. The zero-order chi connectivity index (χ0) is 15.9. The molecule has 3 aliphatic rings. The van der Waals surface area contributed by atoms with E-state index in [2.05, 4.69) is 0 Å². The van der Waals surface area contributed by atoms with Crippen molar-refractivity contribution in [3.8, 4) is 0 Å². The maximum atomic E-state index is 12.7. The van der Waals surface area contributed by atoms with Crippen molar-refractivity contribution in [2.75, 3.05) is 26.8 Å². The molecule has 1 amide bonds. The third kappa shape index (κ3) is 2.34. The van der Waals surface area contributed by atoms with E-state index in [1.165, 1.54) is 7.11 Å². The Morgan fingerprint density at radius 1 is 1.55 bits per heavy atom. The first-order valence-corrected chi connectivity index (χ1v) is 7.84. The van der Waals surface area contributed by atoms with Crippen LogP contribution in [0, 0.1) is 11.8 Å². The third-order valence-electron chi connectivity index (χ3n) is 4.68. The summed E-state index contributed by atoms with van der Waals surface area (Å²) in [4.78, 5) is 26.5. The van der Waals surface area contributed by atoms with Crippen LogP contribution in [-0.4, -0.2) is 61.4 Å². The van der Waals surface area contributed by atoms with Gasteiger partial charge in [-0.05, 0) is 20.3 Å². The van der Waals surface area contributed by atoms with Crippen LogP contribution < -0.4 is 0 Å². The van der Waals surface area contributed by atoms with Crippen LogP contribution in [0.2, 0.25) is 0 Å². The highest BCUT2D eigenvalue weighted by molar-refractivity contribution is 5.91. The molecule has 3 heterocycles. The topological polar surface area (TPSA) is 65.1 Å². The lowest BCUT2D eigenvalue weighted by Gasteiger charge is -2.22. The van der Waals surface area contributed by atoms with Crippen LogP contribution in [-0.2, 0) is 23.8 Å². The number of esters is 1. The number of likely N-dealkylation sites (tertiary alicyclic amines) is 1. The number of fused-ring (bicyclic) bond motifs is 1. The second-order valence-corrected chi connectivity index (χ2v) is 6.46. The molecule has 0 aromatic carbocycles. The molecule has 22 heavy (non-hydrogen) atoms. The summed E-state index contributed by atoms with van der Waals surface area (Å²) in [7, 11) is 1.35. The number of nitrogens with zero attached hydrogens (tertiary/aromatic N) is 1. The van der Waals surface area contributed by atoms with Crippen LogP contribution in [0.4, 0.5) is 0 Å².